The minimum Gasteiger partial charge on any atom is -0.462 e. The van der Waals surface area contributed by atoms with Gasteiger partial charge in [-0.2, -0.15) is 0 Å². The third-order valence-corrected chi connectivity index (χ3v) is 10.2. The maximum absolute atomic E-state index is 15.7. The molecule has 4 unspecified atom stereocenters. The number of aryl methyl sites for hydroxylation is 1. The number of anilines is 1. The molecule has 13 heteroatoms. The average molecular weight is 667 g/mol. The van der Waals surface area contributed by atoms with Gasteiger partial charge in [0.25, 0.3) is 0 Å². The van der Waals surface area contributed by atoms with E-state index in [-0.39, 0.29) is 40.8 Å². The minimum absolute atomic E-state index is 0.0291. The van der Waals surface area contributed by atoms with E-state index < -0.39 is 62.8 Å². The maximum atomic E-state index is 15.7. The summed E-state index contributed by atoms with van der Waals surface area (Å²) in [4.78, 5) is 55.6. The number of nitrogens with one attached hydrogen (secondary N) is 1. The number of likely N-dealkylation sites (tertiary alicyclic amines) is 1. The molecule has 3 aromatic rings. The standard InChI is InChI=1S/C34H39FN4O7S/c1-6-46-33(42)23-10-9-11-24(18-23)39(34(36)43)29-30(32(41)37-19-20(2)3)38(22(5)40)28(26-12-7-8-13-27(26)35)31(29)47(44,45)25-16-14-21(4)15-17-25/h7-18,20,28-31H,6,19H2,1-5H3,(H2,36,43)(H,37,41). The smallest absolute Gasteiger partial charge is 0.338 e. The first kappa shape index (κ1) is 35.1. The van der Waals surface area contributed by atoms with Crippen molar-refractivity contribution in [3.8, 4) is 0 Å². The van der Waals surface area contributed by atoms with Crippen molar-refractivity contribution >= 4 is 39.3 Å². The molecule has 0 spiro atoms. The zero-order valence-corrected chi connectivity index (χ0v) is 27.7. The van der Waals surface area contributed by atoms with Gasteiger partial charge >= 0.3 is 12.0 Å². The van der Waals surface area contributed by atoms with Gasteiger partial charge in [0, 0.05) is 24.7 Å². The third kappa shape index (κ3) is 7.14. The Hall–Kier alpha value is -4.78. The van der Waals surface area contributed by atoms with Gasteiger partial charge in [-0.3, -0.25) is 14.5 Å². The summed E-state index contributed by atoms with van der Waals surface area (Å²) in [5.74, 6) is -3.07. The van der Waals surface area contributed by atoms with E-state index in [4.69, 9.17) is 10.5 Å². The molecule has 1 aliphatic heterocycles. The fraction of sp³-hybridized carbons (Fsp3) is 0.353. The van der Waals surface area contributed by atoms with Gasteiger partial charge in [0.2, 0.25) is 11.8 Å². The molecule has 4 atom stereocenters. The Kier molecular flexibility index (Phi) is 10.7. The van der Waals surface area contributed by atoms with Crippen molar-refractivity contribution in [3.05, 3.63) is 95.3 Å². The highest BCUT2D eigenvalue weighted by Gasteiger charge is 2.62. The van der Waals surface area contributed by atoms with E-state index in [1.54, 1.807) is 26.0 Å². The van der Waals surface area contributed by atoms with Gasteiger partial charge in [0.15, 0.2) is 9.84 Å². The zero-order valence-electron chi connectivity index (χ0n) is 26.8. The number of nitrogens with zero attached hydrogens (tertiary/aromatic N) is 2. The molecule has 47 heavy (non-hydrogen) atoms. The van der Waals surface area contributed by atoms with Crippen LogP contribution in [0.15, 0.2) is 77.7 Å². The number of carbonyl (C=O) groups excluding carboxylic acids is 4. The Bertz CT molecular complexity index is 1760. The highest BCUT2D eigenvalue weighted by Crippen LogP contribution is 2.46. The maximum Gasteiger partial charge on any atom is 0.338 e. The quantitative estimate of drug-likeness (QED) is 0.308. The summed E-state index contributed by atoms with van der Waals surface area (Å²) >= 11 is 0. The molecule has 3 aromatic carbocycles. The topological polar surface area (TPSA) is 156 Å². The molecule has 0 aromatic heterocycles. The molecule has 4 rings (SSSR count). The Morgan fingerprint density at radius 2 is 1.68 bits per heavy atom. The third-order valence-electron chi connectivity index (χ3n) is 7.99. The molecule has 0 radical (unpaired) electrons. The zero-order chi connectivity index (χ0) is 34.6. The molecule has 0 saturated carbocycles. The fourth-order valence-electron chi connectivity index (χ4n) is 5.96. The Labute approximate surface area is 273 Å². The predicted molar refractivity (Wildman–Crippen MR) is 174 cm³/mol. The number of nitrogens with two attached hydrogens (primary N) is 1. The molecule has 4 amide bonds. The number of hydrogen-bond acceptors (Lipinski definition) is 7. The van der Waals surface area contributed by atoms with Crippen molar-refractivity contribution in [1.29, 1.82) is 0 Å². The van der Waals surface area contributed by atoms with E-state index >= 15 is 4.39 Å². The summed E-state index contributed by atoms with van der Waals surface area (Å²) in [6.07, 6.45) is 0. The number of benzene rings is 3. The van der Waals surface area contributed by atoms with Gasteiger partial charge in [0.1, 0.15) is 17.1 Å². The highest BCUT2D eigenvalue weighted by molar-refractivity contribution is 7.92. The van der Waals surface area contributed by atoms with Gasteiger partial charge in [-0.25, -0.2) is 22.4 Å². The summed E-state index contributed by atoms with van der Waals surface area (Å²) in [5.41, 5.74) is 6.58. The Balaban J connectivity index is 2.10. The van der Waals surface area contributed by atoms with Crippen LogP contribution in [0.2, 0.25) is 0 Å². The number of carbonyl (C=O) groups is 4. The van der Waals surface area contributed by atoms with E-state index in [1.807, 2.05) is 13.8 Å². The van der Waals surface area contributed by atoms with Crippen LogP contribution in [0.5, 0.6) is 0 Å². The van der Waals surface area contributed by atoms with Crippen LogP contribution in [0.4, 0.5) is 14.9 Å². The monoisotopic (exact) mass is 666 g/mol. The summed E-state index contributed by atoms with van der Waals surface area (Å²) in [6, 6.07) is 10.8. The normalized spacial score (nSPS) is 19.3. The molecule has 1 saturated heterocycles. The highest BCUT2D eigenvalue weighted by atomic mass is 32.2. The average Bonchev–Trinajstić information content (AvgIpc) is 3.37. The lowest BCUT2D eigenvalue weighted by Crippen LogP contribution is -2.60. The van der Waals surface area contributed by atoms with Gasteiger partial charge in [-0.05, 0) is 56.2 Å². The first-order valence-electron chi connectivity index (χ1n) is 15.2. The number of hydrogen-bond donors (Lipinski definition) is 2. The van der Waals surface area contributed by atoms with Gasteiger partial charge < -0.3 is 20.7 Å². The fourth-order valence-corrected chi connectivity index (χ4v) is 8.04. The van der Waals surface area contributed by atoms with Crippen LogP contribution in [0, 0.1) is 18.7 Å². The summed E-state index contributed by atoms with van der Waals surface area (Å²) in [5, 5.41) is 0.956. The number of primary amides is 1. The molecule has 11 nitrogen and oxygen atoms in total. The van der Waals surface area contributed by atoms with Crippen LogP contribution in [0.1, 0.15) is 55.2 Å². The number of ether oxygens (including phenoxy) is 1. The summed E-state index contributed by atoms with van der Waals surface area (Å²) < 4.78 is 50.5. The van der Waals surface area contributed by atoms with Gasteiger partial charge in [0.05, 0.1) is 29.1 Å². The van der Waals surface area contributed by atoms with Crippen LogP contribution < -0.4 is 16.0 Å². The van der Waals surface area contributed by atoms with E-state index in [9.17, 15) is 27.6 Å². The first-order valence-corrected chi connectivity index (χ1v) is 16.7. The molecule has 1 aliphatic rings. The molecular weight excluding hydrogens is 627 g/mol. The number of halogens is 1. The molecule has 250 valence electrons. The van der Waals surface area contributed by atoms with Crippen molar-refractivity contribution < 1.29 is 36.7 Å². The second-order valence-electron chi connectivity index (χ2n) is 11.8. The molecule has 0 bridgehead atoms. The number of rotatable bonds is 10. The van der Waals surface area contributed by atoms with Crippen LogP contribution in [0.3, 0.4) is 0 Å². The van der Waals surface area contributed by atoms with Crippen molar-refractivity contribution in [2.75, 3.05) is 18.1 Å². The number of amides is 4. The largest absolute Gasteiger partial charge is 0.462 e. The van der Waals surface area contributed by atoms with E-state index in [2.05, 4.69) is 5.32 Å². The van der Waals surface area contributed by atoms with Crippen molar-refractivity contribution in [3.63, 3.8) is 0 Å². The lowest BCUT2D eigenvalue weighted by Gasteiger charge is -2.35. The SMILES string of the molecule is CCOC(=O)c1cccc(N(C(N)=O)C2C(C(=O)NCC(C)C)N(C(C)=O)C(c3ccccc3F)C2S(=O)(=O)c2ccc(C)cc2)c1. The van der Waals surface area contributed by atoms with Crippen molar-refractivity contribution in [2.24, 2.45) is 11.7 Å². The predicted octanol–water partition coefficient (Wildman–Crippen LogP) is 4.15. The van der Waals surface area contributed by atoms with E-state index in [0.717, 1.165) is 28.4 Å². The summed E-state index contributed by atoms with van der Waals surface area (Å²) in [7, 11) is -4.59. The number of sulfone groups is 1. The lowest BCUT2D eigenvalue weighted by molar-refractivity contribution is -0.139. The van der Waals surface area contributed by atoms with Crippen LogP contribution in [-0.2, 0) is 24.2 Å². The second kappa shape index (κ2) is 14.3. The van der Waals surface area contributed by atoms with Crippen LogP contribution >= 0.6 is 0 Å². The Morgan fingerprint density at radius 1 is 1.02 bits per heavy atom. The molecule has 1 heterocycles. The lowest BCUT2D eigenvalue weighted by atomic mass is 9.99. The van der Waals surface area contributed by atoms with E-state index in [1.165, 1.54) is 54.6 Å². The molecular formula is C34H39FN4O7S. The minimum atomic E-state index is -4.59. The summed E-state index contributed by atoms with van der Waals surface area (Å²) in [6.45, 7) is 8.45. The van der Waals surface area contributed by atoms with Crippen LogP contribution in [-0.4, -0.2) is 67.6 Å². The van der Waals surface area contributed by atoms with Crippen molar-refractivity contribution in [1.82, 2.24) is 10.2 Å². The Morgan fingerprint density at radius 3 is 2.26 bits per heavy atom. The van der Waals surface area contributed by atoms with Crippen LogP contribution in [0.25, 0.3) is 0 Å². The van der Waals surface area contributed by atoms with E-state index in [0.29, 0.717) is 0 Å². The van der Waals surface area contributed by atoms with Crippen molar-refractivity contribution in [2.45, 2.75) is 62.9 Å². The second-order valence-corrected chi connectivity index (χ2v) is 13.9. The molecule has 3 N–H and O–H groups in total. The number of esters is 1. The van der Waals surface area contributed by atoms with Gasteiger partial charge in [-0.1, -0.05) is 55.8 Å². The first-order chi connectivity index (χ1) is 22.2. The molecule has 0 aliphatic carbocycles. The number of urea groups is 1. The van der Waals surface area contributed by atoms with Gasteiger partial charge in [-0.15, -0.1) is 0 Å². The molecule has 1 fully saturated rings.